The van der Waals surface area contributed by atoms with Gasteiger partial charge in [-0.05, 0) is 56.7 Å². The Kier molecular flexibility index (Phi) is 4.01. The first kappa shape index (κ1) is 16.8. The molecule has 1 fully saturated rings. The highest BCUT2D eigenvalue weighted by molar-refractivity contribution is 5.94. The third-order valence-electron chi connectivity index (χ3n) is 5.30. The number of carboxylic acids is 1. The molecule has 2 aliphatic rings. The van der Waals surface area contributed by atoms with Crippen LogP contribution >= 0.6 is 0 Å². The van der Waals surface area contributed by atoms with E-state index in [4.69, 9.17) is 5.11 Å². The van der Waals surface area contributed by atoms with Gasteiger partial charge in [-0.25, -0.2) is 9.07 Å². The number of carbonyl (C=O) groups excluding carboxylic acids is 1. The molecule has 1 amide bonds. The van der Waals surface area contributed by atoms with Gasteiger partial charge in [0.2, 0.25) is 0 Å². The van der Waals surface area contributed by atoms with E-state index in [1.54, 1.807) is 16.8 Å². The van der Waals surface area contributed by atoms with Crippen molar-refractivity contribution in [2.24, 2.45) is 5.92 Å². The summed E-state index contributed by atoms with van der Waals surface area (Å²) in [5, 5.41) is 16.2. The Labute approximate surface area is 150 Å². The summed E-state index contributed by atoms with van der Waals surface area (Å²) >= 11 is 0. The number of nitrogens with one attached hydrogen (secondary N) is 1. The largest absolute Gasteiger partial charge is 0.481 e. The molecular weight excluding hydrogens is 337 g/mol. The lowest BCUT2D eigenvalue weighted by atomic mass is 9.80. The molecule has 1 aromatic carbocycles. The summed E-state index contributed by atoms with van der Waals surface area (Å²) in [6.45, 7) is 1.88. The van der Waals surface area contributed by atoms with Gasteiger partial charge in [-0.3, -0.25) is 9.59 Å². The number of fused-ring (bicyclic) bond motifs is 1. The molecular formula is C19H20FN3O3. The Hall–Kier alpha value is -2.70. The summed E-state index contributed by atoms with van der Waals surface area (Å²) in [5.41, 5.74) is 3.37. The smallest absolute Gasteiger partial charge is 0.306 e. The molecule has 6 nitrogen and oxygen atoms in total. The fourth-order valence-electron chi connectivity index (χ4n) is 3.80. The van der Waals surface area contributed by atoms with Gasteiger partial charge in [0.15, 0.2) is 5.69 Å². The molecule has 26 heavy (non-hydrogen) atoms. The molecule has 7 heteroatoms. The molecule has 0 saturated heterocycles. The zero-order chi connectivity index (χ0) is 18.4. The second-order valence-electron chi connectivity index (χ2n) is 7.17. The third kappa shape index (κ3) is 2.77. The van der Waals surface area contributed by atoms with Gasteiger partial charge in [-0.2, -0.15) is 5.10 Å². The molecule has 136 valence electrons. The summed E-state index contributed by atoms with van der Waals surface area (Å²) in [6.07, 6.45) is 3.29. The van der Waals surface area contributed by atoms with Crippen LogP contribution in [0.15, 0.2) is 18.2 Å². The molecule has 0 aliphatic heterocycles. The van der Waals surface area contributed by atoms with Crippen molar-refractivity contribution in [1.29, 1.82) is 0 Å². The van der Waals surface area contributed by atoms with Gasteiger partial charge >= 0.3 is 5.97 Å². The maximum Gasteiger partial charge on any atom is 0.306 e. The second-order valence-corrected chi connectivity index (χ2v) is 7.17. The quantitative estimate of drug-likeness (QED) is 0.880. The van der Waals surface area contributed by atoms with Crippen LogP contribution in [0, 0.1) is 18.7 Å². The van der Waals surface area contributed by atoms with E-state index in [-0.39, 0.29) is 23.7 Å². The van der Waals surface area contributed by atoms with Crippen molar-refractivity contribution in [2.45, 2.75) is 45.1 Å². The topological polar surface area (TPSA) is 84.2 Å². The van der Waals surface area contributed by atoms with Crippen LogP contribution in [0.4, 0.5) is 4.39 Å². The SMILES string of the molecule is Cc1ccc(F)c(-n2nc(C(=O)NC3CC(C(=O)O)C3)c3c2CCC3)c1. The first-order chi connectivity index (χ1) is 12.4. The number of aliphatic carboxylic acids is 1. The van der Waals surface area contributed by atoms with Crippen LogP contribution in [0.5, 0.6) is 0 Å². The fourth-order valence-corrected chi connectivity index (χ4v) is 3.80. The summed E-state index contributed by atoms with van der Waals surface area (Å²) < 4.78 is 15.9. The van der Waals surface area contributed by atoms with E-state index in [9.17, 15) is 14.0 Å². The lowest BCUT2D eigenvalue weighted by Gasteiger charge is -2.32. The number of nitrogens with zero attached hydrogens (tertiary/aromatic N) is 2. The number of aromatic nitrogens is 2. The van der Waals surface area contributed by atoms with Gasteiger partial charge in [0.25, 0.3) is 5.91 Å². The molecule has 2 aromatic rings. The molecule has 1 aromatic heterocycles. The molecule has 1 heterocycles. The Balaban J connectivity index is 1.61. The number of rotatable bonds is 4. The normalized spacial score (nSPS) is 21.2. The lowest BCUT2D eigenvalue weighted by Crippen LogP contribution is -2.47. The Morgan fingerprint density at radius 1 is 1.31 bits per heavy atom. The number of carbonyl (C=O) groups is 2. The summed E-state index contributed by atoms with van der Waals surface area (Å²) in [5.74, 6) is -1.88. The van der Waals surface area contributed by atoms with E-state index >= 15 is 0 Å². The van der Waals surface area contributed by atoms with Gasteiger partial charge in [0.05, 0.1) is 5.92 Å². The van der Waals surface area contributed by atoms with E-state index in [1.165, 1.54) is 6.07 Å². The van der Waals surface area contributed by atoms with Crippen molar-refractivity contribution in [1.82, 2.24) is 15.1 Å². The van der Waals surface area contributed by atoms with Crippen molar-refractivity contribution in [2.75, 3.05) is 0 Å². The fraction of sp³-hybridized carbons (Fsp3) is 0.421. The predicted molar refractivity (Wildman–Crippen MR) is 91.9 cm³/mol. The molecule has 0 atom stereocenters. The Bertz CT molecular complexity index is 900. The van der Waals surface area contributed by atoms with Crippen LogP contribution in [0.25, 0.3) is 5.69 Å². The zero-order valence-electron chi connectivity index (χ0n) is 14.5. The van der Waals surface area contributed by atoms with E-state index in [0.717, 1.165) is 36.1 Å². The van der Waals surface area contributed by atoms with E-state index in [0.29, 0.717) is 24.2 Å². The van der Waals surface area contributed by atoms with Crippen LogP contribution in [0.2, 0.25) is 0 Å². The van der Waals surface area contributed by atoms with Gasteiger partial charge < -0.3 is 10.4 Å². The lowest BCUT2D eigenvalue weighted by molar-refractivity contribution is -0.145. The van der Waals surface area contributed by atoms with Gasteiger partial charge in [-0.1, -0.05) is 6.07 Å². The average Bonchev–Trinajstić information content (AvgIpc) is 3.14. The van der Waals surface area contributed by atoms with Crippen molar-refractivity contribution < 1.29 is 19.1 Å². The zero-order valence-corrected chi connectivity index (χ0v) is 14.5. The molecule has 2 N–H and O–H groups in total. The minimum absolute atomic E-state index is 0.137. The maximum absolute atomic E-state index is 14.3. The molecule has 0 unspecified atom stereocenters. The van der Waals surface area contributed by atoms with Gasteiger partial charge in [0.1, 0.15) is 11.5 Å². The average molecular weight is 357 g/mol. The van der Waals surface area contributed by atoms with E-state index in [2.05, 4.69) is 10.4 Å². The number of aryl methyl sites for hydroxylation is 1. The number of amides is 1. The molecule has 1 saturated carbocycles. The third-order valence-corrected chi connectivity index (χ3v) is 5.30. The van der Waals surface area contributed by atoms with Crippen LogP contribution in [-0.4, -0.2) is 32.8 Å². The Morgan fingerprint density at radius 3 is 2.81 bits per heavy atom. The van der Waals surface area contributed by atoms with E-state index < -0.39 is 5.97 Å². The minimum atomic E-state index is -0.824. The van der Waals surface area contributed by atoms with Crippen LogP contribution in [0.3, 0.4) is 0 Å². The molecule has 0 bridgehead atoms. The first-order valence-corrected chi connectivity index (χ1v) is 8.85. The highest BCUT2D eigenvalue weighted by atomic mass is 19.1. The minimum Gasteiger partial charge on any atom is -0.481 e. The van der Waals surface area contributed by atoms with Crippen molar-refractivity contribution >= 4 is 11.9 Å². The van der Waals surface area contributed by atoms with E-state index in [1.807, 2.05) is 6.92 Å². The molecule has 0 radical (unpaired) electrons. The number of hydrogen-bond acceptors (Lipinski definition) is 3. The number of carboxylic acid groups (broad SMARTS) is 1. The number of halogens is 1. The van der Waals surface area contributed by atoms with Crippen LogP contribution in [-0.2, 0) is 17.6 Å². The summed E-state index contributed by atoms with van der Waals surface area (Å²) in [6, 6.07) is 4.70. The Morgan fingerprint density at radius 2 is 2.08 bits per heavy atom. The summed E-state index contributed by atoms with van der Waals surface area (Å²) in [4.78, 5) is 23.5. The monoisotopic (exact) mass is 357 g/mol. The van der Waals surface area contributed by atoms with Crippen molar-refractivity contribution in [3.8, 4) is 5.69 Å². The highest BCUT2D eigenvalue weighted by Crippen LogP contribution is 2.31. The molecule has 4 rings (SSSR count). The first-order valence-electron chi connectivity index (χ1n) is 8.85. The highest BCUT2D eigenvalue weighted by Gasteiger charge is 2.36. The van der Waals surface area contributed by atoms with Crippen molar-refractivity contribution in [3.05, 3.63) is 46.5 Å². The predicted octanol–water partition coefficient (Wildman–Crippen LogP) is 2.40. The standard InChI is InChI=1S/C19H20FN3O3/c1-10-5-6-14(20)16(7-10)23-15-4-2-3-13(15)17(22-23)18(24)21-12-8-11(9-12)19(25)26/h5-7,11-12H,2-4,8-9H2,1H3,(H,21,24)(H,25,26). The van der Waals surface area contributed by atoms with Gasteiger partial charge in [-0.15, -0.1) is 0 Å². The van der Waals surface area contributed by atoms with Crippen LogP contribution in [0.1, 0.15) is 46.6 Å². The van der Waals surface area contributed by atoms with Crippen LogP contribution < -0.4 is 5.32 Å². The summed E-state index contributed by atoms with van der Waals surface area (Å²) in [7, 11) is 0. The van der Waals surface area contributed by atoms with Crippen molar-refractivity contribution in [3.63, 3.8) is 0 Å². The number of benzene rings is 1. The molecule has 0 spiro atoms. The second kappa shape index (κ2) is 6.23. The number of hydrogen-bond donors (Lipinski definition) is 2. The van der Waals surface area contributed by atoms with Gasteiger partial charge in [0, 0.05) is 17.3 Å². The maximum atomic E-state index is 14.3. The molecule has 2 aliphatic carbocycles.